The van der Waals surface area contributed by atoms with Crippen molar-refractivity contribution < 1.29 is 0 Å². The molecule has 11 aromatic carbocycles. The Bertz CT molecular complexity index is 4300. The molecular weight excluding hydrogens is 965 g/mol. The number of hydrogen-bond acceptors (Lipinski definition) is 2. The third kappa shape index (κ3) is 9.62. The van der Waals surface area contributed by atoms with Crippen LogP contribution in [0.1, 0.15) is 124 Å². The number of benzene rings is 11. The first kappa shape index (κ1) is 52.3. The van der Waals surface area contributed by atoms with Crippen LogP contribution in [0.2, 0.25) is 0 Å². The molecule has 0 fully saturated rings. The maximum absolute atomic E-state index is 3.83. The lowest BCUT2D eigenvalue weighted by Crippen LogP contribution is -2.21. The van der Waals surface area contributed by atoms with Crippen molar-refractivity contribution in [3.05, 3.63) is 245 Å². The van der Waals surface area contributed by atoms with Crippen molar-refractivity contribution in [2.75, 3.05) is 9.80 Å². The molecule has 1 aliphatic rings. The van der Waals surface area contributed by atoms with Gasteiger partial charge in [-0.25, -0.2) is 0 Å². The summed E-state index contributed by atoms with van der Waals surface area (Å²) in [5.74, 6) is 7.66. The predicted molar refractivity (Wildman–Crippen MR) is 348 cm³/mol. The topological polar surface area (TPSA) is 6.48 Å². The first-order valence-electron chi connectivity index (χ1n) is 28.8. The Morgan fingerprint density at radius 2 is 0.600 bits per heavy atom. The summed E-state index contributed by atoms with van der Waals surface area (Å²) in [7, 11) is 0. The number of allylic oxidation sites excluding steroid dienone is 4. The third-order valence-corrected chi connectivity index (χ3v) is 16.9. The van der Waals surface area contributed by atoms with E-state index in [1.165, 1.54) is 93.2 Å². The van der Waals surface area contributed by atoms with Gasteiger partial charge in [0.25, 0.3) is 0 Å². The molecule has 0 saturated heterocycles. The first-order chi connectivity index (χ1) is 38.2. The van der Waals surface area contributed by atoms with Crippen LogP contribution in [-0.4, -0.2) is 0 Å². The molecule has 0 unspecified atom stereocenters. The smallest absolute Gasteiger partial charge is 0.0546 e. The highest BCUT2D eigenvalue weighted by Crippen LogP contribution is 2.47. The van der Waals surface area contributed by atoms with Gasteiger partial charge in [-0.05, 0) is 172 Å². The van der Waals surface area contributed by atoms with Crippen molar-refractivity contribution in [1.82, 2.24) is 0 Å². The summed E-state index contributed by atoms with van der Waals surface area (Å²) in [4.78, 5) is 4.99. The van der Waals surface area contributed by atoms with E-state index in [1.807, 2.05) is 0 Å². The third-order valence-electron chi connectivity index (χ3n) is 16.9. The van der Waals surface area contributed by atoms with E-state index in [-0.39, 0.29) is 21.7 Å². The Morgan fingerprint density at radius 3 is 0.938 bits per heavy atom. The number of anilines is 5. The van der Waals surface area contributed by atoms with Crippen LogP contribution in [0.15, 0.2) is 218 Å². The molecule has 2 heteroatoms. The largest absolute Gasteiger partial charge is 0.314 e. The van der Waals surface area contributed by atoms with Crippen molar-refractivity contribution in [1.29, 1.82) is 0 Å². The monoisotopic (exact) mass is 1040 g/mol. The molecule has 11 aromatic rings. The van der Waals surface area contributed by atoms with Gasteiger partial charge < -0.3 is 9.80 Å². The predicted octanol–water partition coefficient (Wildman–Crippen LogP) is 22.2. The molecule has 0 saturated carbocycles. The molecule has 1 aliphatic carbocycles. The van der Waals surface area contributed by atoms with Gasteiger partial charge in [0, 0.05) is 44.7 Å². The minimum atomic E-state index is 0.0390. The van der Waals surface area contributed by atoms with Crippen molar-refractivity contribution in [2.45, 2.75) is 112 Å². The van der Waals surface area contributed by atoms with Gasteiger partial charge in [-0.1, -0.05) is 240 Å². The van der Waals surface area contributed by atoms with E-state index in [9.17, 15) is 0 Å². The molecule has 396 valence electrons. The van der Waals surface area contributed by atoms with Gasteiger partial charge in [-0.2, -0.15) is 0 Å². The molecule has 12 rings (SSSR count). The van der Waals surface area contributed by atoms with Crippen LogP contribution in [0, 0.1) is 17.3 Å². The van der Waals surface area contributed by atoms with Crippen LogP contribution >= 0.6 is 0 Å². The van der Waals surface area contributed by atoms with E-state index >= 15 is 0 Å². The second kappa shape index (κ2) is 19.8. The van der Waals surface area contributed by atoms with E-state index in [1.54, 1.807) is 0 Å². The first-order valence-corrected chi connectivity index (χ1v) is 28.8. The van der Waals surface area contributed by atoms with Crippen LogP contribution in [0.25, 0.3) is 64.6 Å². The van der Waals surface area contributed by atoms with Crippen molar-refractivity contribution in [3.8, 4) is 11.8 Å². The second-order valence-electron chi connectivity index (χ2n) is 26.4. The van der Waals surface area contributed by atoms with Gasteiger partial charge in [0.1, 0.15) is 0 Å². The SMILES string of the molecule is CC(C)(C)C1=CC=C(N(c2ccc(C(C)(C)C)cc2)c2cc3c4ccccc4c(C#Cc4cc5c6ccccc6c(N(c6ccc(C(C)(C)C)cc6)c6ccc(C(C)(C)C)cc6)cc5c5ccccc45)cc3c3ccccc23)CC1. The van der Waals surface area contributed by atoms with Crippen LogP contribution in [0.3, 0.4) is 0 Å². The van der Waals surface area contributed by atoms with Gasteiger partial charge in [0.05, 0.1) is 11.4 Å². The Labute approximate surface area is 475 Å². The minimum Gasteiger partial charge on any atom is -0.314 e. The Kier molecular flexibility index (Phi) is 12.9. The molecule has 0 aromatic heterocycles. The summed E-state index contributed by atoms with van der Waals surface area (Å²) >= 11 is 0. The highest BCUT2D eigenvalue weighted by Gasteiger charge is 2.27. The molecule has 0 aliphatic heterocycles. The lowest BCUT2D eigenvalue weighted by Gasteiger charge is -2.34. The summed E-state index contributed by atoms with van der Waals surface area (Å²) in [6.45, 7) is 27.6. The highest BCUT2D eigenvalue weighted by molar-refractivity contribution is 6.24. The van der Waals surface area contributed by atoms with Crippen molar-refractivity contribution in [2.24, 2.45) is 5.41 Å². The van der Waals surface area contributed by atoms with Crippen molar-refractivity contribution >= 4 is 93.1 Å². The fraction of sp³-hybridized carbons (Fsp3) is 0.231. The number of rotatable bonds is 6. The van der Waals surface area contributed by atoms with E-state index in [0.717, 1.165) is 51.8 Å². The van der Waals surface area contributed by atoms with E-state index < -0.39 is 0 Å². The molecule has 0 spiro atoms. The maximum atomic E-state index is 3.83. The molecule has 0 N–H and O–H groups in total. The average Bonchev–Trinajstić information content (AvgIpc) is 3.64. The summed E-state index contributed by atoms with van der Waals surface area (Å²) in [5.41, 5.74) is 14.8. The molecule has 0 amide bonds. The minimum absolute atomic E-state index is 0.0390. The van der Waals surface area contributed by atoms with E-state index in [0.29, 0.717) is 0 Å². The van der Waals surface area contributed by atoms with Crippen LogP contribution < -0.4 is 9.80 Å². The molecule has 0 atom stereocenters. The van der Waals surface area contributed by atoms with Crippen LogP contribution in [-0.2, 0) is 16.2 Å². The Hall–Kier alpha value is -8.38. The molecule has 80 heavy (non-hydrogen) atoms. The van der Waals surface area contributed by atoms with Gasteiger partial charge in [-0.15, -0.1) is 0 Å². The summed E-state index contributed by atoms with van der Waals surface area (Å²) in [6.07, 6.45) is 6.75. The lowest BCUT2D eigenvalue weighted by molar-refractivity contribution is 0.479. The van der Waals surface area contributed by atoms with Crippen LogP contribution in [0.4, 0.5) is 28.4 Å². The quantitative estimate of drug-likeness (QED) is 0.121. The molecule has 0 radical (unpaired) electrons. The van der Waals surface area contributed by atoms with Gasteiger partial charge in [0.15, 0.2) is 0 Å². The second-order valence-corrected chi connectivity index (χ2v) is 26.4. The standard InChI is InChI=1S/C78H74N2/c1-75(2,3)53-31-39-57(40-32-53)79(58-41-33-54(34-42-58)76(4,5)6)73-49-71-63-23-15-13-21-61(63)51(47-69(71)65-25-17-19-27-67(65)73)29-30-52-48-70-66-26-18-20-28-68(66)74(50-72(70)64-24-16-14-22-62(52)64)80(59-43-35-55(36-44-59)77(7,8)9)60-45-37-56(38-46-60)78(10,11)12/h13-28,31-37,39-45,47-50H,38,46H2,1-12H3. The average molecular weight is 1040 g/mol. The Balaban J connectivity index is 1.04. The highest BCUT2D eigenvalue weighted by atomic mass is 15.2. The molecular formula is C78H74N2. The molecule has 0 heterocycles. The fourth-order valence-corrected chi connectivity index (χ4v) is 12.2. The normalized spacial score (nSPS) is 13.4. The summed E-state index contributed by atoms with van der Waals surface area (Å²) in [6, 6.07) is 72.9. The number of hydrogen-bond donors (Lipinski definition) is 0. The van der Waals surface area contributed by atoms with Crippen LogP contribution in [0.5, 0.6) is 0 Å². The fourth-order valence-electron chi connectivity index (χ4n) is 12.2. The Morgan fingerprint density at radius 1 is 0.287 bits per heavy atom. The molecule has 0 bridgehead atoms. The van der Waals surface area contributed by atoms with Gasteiger partial charge in [0.2, 0.25) is 0 Å². The van der Waals surface area contributed by atoms with E-state index in [2.05, 4.69) is 311 Å². The maximum Gasteiger partial charge on any atom is 0.0546 e. The number of nitrogens with zero attached hydrogens (tertiary/aromatic N) is 2. The van der Waals surface area contributed by atoms with Gasteiger partial charge >= 0.3 is 0 Å². The lowest BCUT2D eigenvalue weighted by atomic mass is 9.81. The van der Waals surface area contributed by atoms with Gasteiger partial charge in [-0.3, -0.25) is 0 Å². The zero-order valence-electron chi connectivity index (χ0n) is 48.9. The van der Waals surface area contributed by atoms with Crippen molar-refractivity contribution in [3.63, 3.8) is 0 Å². The van der Waals surface area contributed by atoms with E-state index in [4.69, 9.17) is 0 Å². The zero-order chi connectivity index (χ0) is 55.9. The summed E-state index contributed by atoms with van der Waals surface area (Å²) in [5, 5.41) is 14.3. The molecule has 2 nitrogen and oxygen atoms in total. The summed E-state index contributed by atoms with van der Waals surface area (Å²) < 4.78 is 0. The number of fused-ring (bicyclic) bond motifs is 10. The zero-order valence-corrected chi connectivity index (χ0v) is 48.9.